The summed E-state index contributed by atoms with van der Waals surface area (Å²) in [5, 5.41) is 1.92. The Labute approximate surface area is 153 Å². The largest absolute Gasteiger partial charge is 0.490 e. The summed E-state index contributed by atoms with van der Waals surface area (Å²) in [7, 11) is 0. The van der Waals surface area contributed by atoms with Crippen LogP contribution < -0.4 is 4.74 Å². The number of benzene rings is 2. The summed E-state index contributed by atoms with van der Waals surface area (Å²) in [4.78, 5) is 13.7. The van der Waals surface area contributed by atoms with E-state index in [4.69, 9.17) is 4.74 Å². The van der Waals surface area contributed by atoms with Gasteiger partial charge in [0.1, 0.15) is 5.75 Å². The standard InChI is InChI=1S/C22H22O2S/c1-14(2)24-20-8-7-17(18-11-15(3)10-16(4)12-18)13-19(20)22(23)21-6-5-9-25-21/h5-14H,1-4H3. The maximum Gasteiger partial charge on any atom is 0.206 e. The second kappa shape index (κ2) is 7.24. The van der Waals surface area contributed by atoms with E-state index >= 15 is 0 Å². The lowest BCUT2D eigenvalue weighted by Crippen LogP contribution is -2.10. The van der Waals surface area contributed by atoms with Crippen molar-refractivity contribution in [3.05, 3.63) is 75.5 Å². The normalized spacial score (nSPS) is 10.9. The molecule has 0 aliphatic rings. The molecule has 3 aromatic rings. The highest BCUT2D eigenvalue weighted by molar-refractivity contribution is 7.12. The van der Waals surface area contributed by atoms with Crippen LogP contribution in [0.1, 0.15) is 40.2 Å². The molecule has 2 nitrogen and oxygen atoms in total. The summed E-state index contributed by atoms with van der Waals surface area (Å²) < 4.78 is 5.89. The fraction of sp³-hybridized carbons (Fsp3) is 0.227. The molecule has 0 radical (unpaired) electrons. The van der Waals surface area contributed by atoms with E-state index in [9.17, 15) is 4.79 Å². The fourth-order valence-corrected chi connectivity index (χ4v) is 3.60. The first-order valence-corrected chi connectivity index (χ1v) is 9.29. The molecule has 128 valence electrons. The van der Waals surface area contributed by atoms with Gasteiger partial charge in [-0.05, 0) is 62.4 Å². The van der Waals surface area contributed by atoms with Crippen LogP contribution in [0.3, 0.4) is 0 Å². The third-order valence-corrected chi connectivity index (χ3v) is 4.76. The molecule has 0 N–H and O–H groups in total. The van der Waals surface area contributed by atoms with E-state index in [2.05, 4.69) is 32.0 Å². The molecular weight excluding hydrogens is 328 g/mol. The Morgan fingerprint density at radius 1 is 0.960 bits per heavy atom. The van der Waals surface area contributed by atoms with E-state index in [1.807, 2.05) is 49.6 Å². The first-order valence-electron chi connectivity index (χ1n) is 8.41. The molecule has 3 rings (SSSR count). The van der Waals surface area contributed by atoms with Crippen LogP contribution in [0.4, 0.5) is 0 Å². The van der Waals surface area contributed by atoms with Gasteiger partial charge in [-0.15, -0.1) is 11.3 Å². The molecule has 0 amide bonds. The smallest absolute Gasteiger partial charge is 0.206 e. The van der Waals surface area contributed by atoms with E-state index in [0.29, 0.717) is 11.3 Å². The highest BCUT2D eigenvalue weighted by Crippen LogP contribution is 2.31. The Bertz CT molecular complexity index is 872. The molecule has 0 unspecified atom stereocenters. The minimum absolute atomic E-state index is 0.0110. The van der Waals surface area contributed by atoms with Gasteiger partial charge in [0.2, 0.25) is 5.78 Å². The topological polar surface area (TPSA) is 26.3 Å². The molecule has 0 spiro atoms. The third kappa shape index (κ3) is 3.99. The number of carbonyl (C=O) groups is 1. The Morgan fingerprint density at radius 3 is 2.28 bits per heavy atom. The van der Waals surface area contributed by atoms with Crippen molar-refractivity contribution >= 4 is 17.1 Å². The van der Waals surface area contributed by atoms with Gasteiger partial charge in [-0.1, -0.05) is 41.5 Å². The summed E-state index contributed by atoms with van der Waals surface area (Å²) in [5.74, 6) is 0.651. The summed E-state index contributed by atoms with van der Waals surface area (Å²) in [6.07, 6.45) is 0.0157. The molecule has 3 heteroatoms. The van der Waals surface area contributed by atoms with Crippen molar-refractivity contribution in [3.8, 4) is 16.9 Å². The second-order valence-corrected chi connectivity index (χ2v) is 7.51. The first-order chi connectivity index (χ1) is 11.9. The number of hydrogen-bond acceptors (Lipinski definition) is 3. The molecular formula is C22H22O2S. The lowest BCUT2D eigenvalue weighted by molar-refractivity contribution is 0.103. The van der Waals surface area contributed by atoms with Crippen molar-refractivity contribution < 1.29 is 9.53 Å². The van der Waals surface area contributed by atoms with Crippen molar-refractivity contribution in [1.29, 1.82) is 0 Å². The minimum atomic E-state index is 0.0110. The molecule has 0 aliphatic heterocycles. The van der Waals surface area contributed by atoms with Gasteiger partial charge in [0, 0.05) is 0 Å². The van der Waals surface area contributed by atoms with Gasteiger partial charge in [-0.2, -0.15) is 0 Å². The van der Waals surface area contributed by atoms with Gasteiger partial charge >= 0.3 is 0 Å². The summed E-state index contributed by atoms with van der Waals surface area (Å²) in [6, 6.07) is 16.1. The van der Waals surface area contributed by atoms with Crippen molar-refractivity contribution in [2.75, 3.05) is 0 Å². The molecule has 1 aromatic heterocycles. The molecule has 0 saturated carbocycles. The Hall–Kier alpha value is -2.39. The molecule has 0 atom stereocenters. The quantitative estimate of drug-likeness (QED) is 0.524. The Balaban J connectivity index is 2.10. The van der Waals surface area contributed by atoms with Crippen LogP contribution in [0.25, 0.3) is 11.1 Å². The van der Waals surface area contributed by atoms with E-state index < -0.39 is 0 Å². The average Bonchev–Trinajstić information content (AvgIpc) is 3.07. The second-order valence-electron chi connectivity index (χ2n) is 6.56. The summed E-state index contributed by atoms with van der Waals surface area (Å²) in [6.45, 7) is 8.11. The highest BCUT2D eigenvalue weighted by atomic mass is 32.1. The zero-order chi connectivity index (χ0) is 18.0. The monoisotopic (exact) mass is 350 g/mol. The maximum absolute atomic E-state index is 13.0. The number of carbonyl (C=O) groups excluding carboxylic acids is 1. The maximum atomic E-state index is 13.0. The van der Waals surface area contributed by atoms with Gasteiger partial charge in [0.25, 0.3) is 0 Å². The van der Waals surface area contributed by atoms with Crippen molar-refractivity contribution in [1.82, 2.24) is 0 Å². The van der Waals surface area contributed by atoms with Gasteiger partial charge in [-0.3, -0.25) is 4.79 Å². The minimum Gasteiger partial charge on any atom is -0.490 e. The third-order valence-electron chi connectivity index (χ3n) is 3.89. The molecule has 2 aromatic carbocycles. The summed E-state index contributed by atoms with van der Waals surface area (Å²) >= 11 is 1.45. The molecule has 0 bridgehead atoms. The van der Waals surface area contributed by atoms with Crippen LogP contribution in [0.15, 0.2) is 53.9 Å². The van der Waals surface area contributed by atoms with Crippen LogP contribution in [0, 0.1) is 13.8 Å². The van der Waals surface area contributed by atoms with E-state index in [1.54, 1.807) is 0 Å². The predicted molar refractivity (Wildman–Crippen MR) is 105 cm³/mol. The van der Waals surface area contributed by atoms with Crippen molar-refractivity contribution in [3.63, 3.8) is 0 Å². The molecule has 0 fully saturated rings. The van der Waals surface area contributed by atoms with Crippen LogP contribution in [-0.4, -0.2) is 11.9 Å². The zero-order valence-corrected chi connectivity index (χ0v) is 15.8. The SMILES string of the molecule is Cc1cc(C)cc(-c2ccc(OC(C)C)c(C(=O)c3cccs3)c2)c1. The summed E-state index contributed by atoms with van der Waals surface area (Å²) in [5.41, 5.74) is 5.19. The van der Waals surface area contributed by atoms with Crippen LogP contribution in [0.5, 0.6) is 5.75 Å². The van der Waals surface area contributed by atoms with Crippen molar-refractivity contribution in [2.24, 2.45) is 0 Å². The molecule has 25 heavy (non-hydrogen) atoms. The highest BCUT2D eigenvalue weighted by Gasteiger charge is 2.18. The predicted octanol–water partition coefficient (Wildman–Crippen LogP) is 6.05. The Morgan fingerprint density at radius 2 is 1.68 bits per heavy atom. The number of aryl methyl sites for hydroxylation is 2. The first kappa shape index (κ1) is 17.4. The van der Waals surface area contributed by atoms with E-state index in [0.717, 1.165) is 16.0 Å². The number of thiophene rings is 1. The van der Waals surface area contributed by atoms with E-state index in [1.165, 1.54) is 22.5 Å². The van der Waals surface area contributed by atoms with E-state index in [-0.39, 0.29) is 11.9 Å². The molecule has 0 saturated heterocycles. The average molecular weight is 350 g/mol. The lowest BCUT2D eigenvalue weighted by atomic mass is 9.97. The Kier molecular flexibility index (Phi) is 5.05. The van der Waals surface area contributed by atoms with Gasteiger partial charge < -0.3 is 4.74 Å². The lowest BCUT2D eigenvalue weighted by Gasteiger charge is -2.15. The van der Waals surface area contributed by atoms with Gasteiger partial charge in [-0.25, -0.2) is 0 Å². The fourth-order valence-electron chi connectivity index (χ4n) is 2.93. The van der Waals surface area contributed by atoms with Crippen LogP contribution in [0.2, 0.25) is 0 Å². The zero-order valence-electron chi connectivity index (χ0n) is 15.0. The van der Waals surface area contributed by atoms with Crippen molar-refractivity contribution in [2.45, 2.75) is 33.8 Å². The number of hydrogen-bond donors (Lipinski definition) is 0. The van der Waals surface area contributed by atoms with Gasteiger partial charge in [0.15, 0.2) is 0 Å². The number of ether oxygens (including phenoxy) is 1. The molecule has 0 aliphatic carbocycles. The molecule has 1 heterocycles. The number of rotatable bonds is 5. The van der Waals surface area contributed by atoms with Crippen LogP contribution in [-0.2, 0) is 0 Å². The number of ketones is 1. The van der Waals surface area contributed by atoms with Crippen LogP contribution >= 0.6 is 11.3 Å². The van der Waals surface area contributed by atoms with Gasteiger partial charge in [0.05, 0.1) is 16.5 Å².